The van der Waals surface area contributed by atoms with Crippen LogP contribution in [-0.2, 0) is 19.5 Å². The summed E-state index contributed by atoms with van der Waals surface area (Å²) in [7, 11) is -0.680. The smallest absolute Gasteiger partial charge is 0.245 e. The highest BCUT2D eigenvalue weighted by Crippen LogP contribution is 2.25. The van der Waals surface area contributed by atoms with Gasteiger partial charge in [0.1, 0.15) is 4.90 Å². The number of nitrogens with zero attached hydrogens (tertiary/aromatic N) is 1. The Balaban J connectivity index is 3.07. The molecular formula is C12H19ClN2O4S. The highest BCUT2D eigenvalue weighted by molar-refractivity contribution is 7.89. The van der Waals surface area contributed by atoms with Gasteiger partial charge >= 0.3 is 0 Å². The lowest BCUT2D eigenvalue weighted by Crippen LogP contribution is -2.36. The van der Waals surface area contributed by atoms with E-state index in [1.54, 1.807) is 0 Å². The highest BCUT2D eigenvalue weighted by atomic mass is 35.5. The first kappa shape index (κ1) is 17.2. The van der Waals surface area contributed by atoms with Gasteiger partial charge in [-0.25, -0.2) is 8.42 Å². The van der Waals surface area contributed by atoms with E-state index in [2.05, 4.69) is 0 Å². The van der Waals surface area contributed by atoms with Crippen LogP contribution < -0.4 is 5.73 Å². The molecule has 20 heavy (non-hydrogen) atoms. The molecule has 2 N–H and O–H groups in total. The number of sulfonamides is 1. The average molecular weight is 323 g/mol. The van der Waals surface area contributed by atoms with Crippen molar-refractivity contribution in [1.29, 1.82) is 0 Å². The van der Waals surface area contributed by atoms with E-state index in [-0.39, 0.29) is 36.9 Å². The molecule has 6 nitrogen and oxygen atoms in total. The minimum Gasteiger partial charge on any atom is -0.398 e. The van der Waals surface area contributed by atoms with Gasteiger partial charge in [0.15, 0.2) is 0 Å². The first-order chi connectivity index (χ1) is 9.43. The molecule has 1 rings (SSSR count). The van der Waals surface area contributed by atoms with Crippen LogP contribution in [0.1, 0.15) is 0 Å². The number of nitrogen functional groups attached to an aromatic ring is 1. The largest absolute Gasteiger partial charge is 0.398 e. The van der Waals surface area contributed by atoms with Crippen LogP contribution in [0.25, 0.3) is 0 Å². The number of methoxy groups -OCH3 is 2. The van der Waals surface area contributed by atoms with E-state index in [4.69, 9.17) is 26.8 Å². The second kappa shape index (κ2) is 7.80. The zero-order valence-corrected chi connectivity index (χ0v) is 13.1. The minimum absolute atomic E-state index is 0.0362. The zero-order valence-electron chi connectivity index (χ0n) is 11.5. The third-order valence-electron chi connectivity index (χ3n) is 2.68. The standard InChI is InChI=1S/C12H19ClN2O4S/c1-18-7-5-15(6-8-19-2)20(16,17)12-4-3-10(13)9-11(12)14/h3-4,9H,5-8,14H2,1-2H3. The fourth-order valence-corrected chi connectivity index (χ4v) is 3.32. The molecular weight excluding hydrogens is 304 g/mol. The van der Waals surface area contributed by atoms with E-state index in [9.17, 15) is 8.42 Å². The summed E-state index contributed by atoms with van der Waals surface area (Å²) < 4.78 is 36.3. The van der Waals surface area contributed by atoms with Gasteiger partial charge in [-0.1, -0.05) is 11.6 Å². The van der Waals surface area contributed by atoms with Gasteiger partial charge in [0, 0.05) is 32.3 Å². The first-order valence-electron chi connectivity index (χ1n) is 5.96. The van der Waals surface area contributed by atoms with E-state index < -0.39 is 10.0 Å². The molecule has 0 heterocycles. The van der Waals surface area contributed by atoms with Crippen LogP contribution in [0.15, 0.2) is 23.1 Å². The van der Waals surface area contributed by atoms with Crippen molar-refractivity contribution in [1.82, 2.24) is 4.31 Å². The van der Waals surface area contributed by atoms with Gasteiger partial charge in [0.25, 0.3) is 0 Å². The van der Waals surface area contributed by atoms with Crippen molar-refractivity contribution in [3.8, 4) is 0 Å². The lowest BCUT2D eigenvalue weighted by Gasteiger charge is -2.22. The first-order valence-corrected chi connectivity index (χ1v) is 7.78. The zero-order chi connectivity index (χ0) is 15.2. The summed E-state index contributed by atoms with van der Waals surface area (Å²) in [6.45, 7) is 1.03. The van der Waals surface area contributed by atoms with Crippen LogP contribution in [-0.4, -0.2) is 53.2 Å². The van der Waals surface area contributed by atoms with Crippen molar-refractivity contribution in [2.75, 3.05) is 46.3 Å². The molecule has 0 aliphatic rings. The molecule has 0 aliphatic heterocycles. The molecule has 114 valence electrons. The quantitative estimate of drug-likeness (QED) is 0.727. The second-order valence-corrected chi connectivity index (χ2v) is 6.41. The van der Waals surface area contributed by atoms with E-state index in [1.807, 2.05) is 0 Å². The van der Waals surface area contributed by atoms with Gasteiger partial charge in [-0.05, 0) is 18.2 Å². The highest BCUT2D eigenvalue weighted by Gasteiger charge is 2.26. The van der Waals surface area contributed by atoms with E-state index in [1.165, 1.54) is 36.7 Å². The minimum atomic E-state index is -3.70. The van der Waals surface area contributed by atoms with Crippen LogP contribution in [0.2, 0.25) is 5.02 Å². The fraction of sp³-hybridized carbons (Fsp3) is 0.500. The molecule has 1 aromatic rings. The summed E-state index contributed by atoms with van der Waals surface area (Å²) in [5.41, 5.74) is 5.87. The summed E-state index contributed by atoms with van der Waals surface area (Å²) in [5.74, 6) is 0. The molecule has 1 aromatic carbocycles. The third-order valence-corrected chi connectivity index (χ3v) is 4.89. The molecule has 0 aliphatic carbocycles. The number of anilines is 1. The van der Waals surface area contributed by atoms with Crippen LogP contribution in [0.3, 0.4) is 0 Å². The maximum absolute atomic E-state index is 12.6. The van der Waals surface area contributed by atoms with Gasteiger partial charge in [0.2, 0.25) is 10.0 Å². The molecule has 0 fully saturated rings. The summed E-state index contributed by atoms with van der Waals surface area (Å²) >= 11 is 5.79. The lowest BCUT2D eigenvalue weighted by molar-refractivity contribution is 0.150. The third kappa shape index (κ3) is 4.32. The number of rotatable bonds is 8. The predicted octanol–water partition coefficient (Wildman–Crippen LogP) is 1.21. The SMILES string of the molecule is COCCN(CCOC)S(=O)(=O)c1ccc(Cl)cc1N. The Morgan fingerprint density at radius 1 is 1.20 bits per heavy atom. The average Bonchev–Trinajstić information content (AvgIpc) is 2.38. The Bertz CT molecular complexity index is 528. The molecule has 0 atom stereocenters. The fourth-order valence-electron chi connectivity index (χ4n) is 1.63. The molecule has 0 bridgehead atoms. The number of benzene rings is 1. The molecule has 0 unspecified atom stereocenters. The molecule has 0 saturated heterocycles. The van der Waals surface area contributed by atoms with Crippen LogP contribution in [0.5, 0.6) is 0 Å². The number of halogens is 1. The van der Waals surface area contributed by atoms with Gasteiger partial charge in [-0.2, -0.15) is 4.31 Å². The molecule has 0 saturated carbocycles. The van der Waals surface area contributed by atoms with Gasteiger partial charge < -0.3 is 15.2 Å². The van der Waals surface area contributed by atoms with Gasteiger partial charge in [0.05, 0.1) is 18.9 Å². The molecule has 8 heteroatoms. The van der Waals surface area contributed by atoms with Crippen LogP contribution in [0, 0.1) is 0 Å². The summed E-state index contributed by atoms with van der Waals surface area (Å²) in [5, 5.41) is 0.391. The number of nitrogens with two attached hydrogens (primary N) is 1. The number of hydrogen-bond acceptors (Lipinski definition) is 5. The Kier molecular flexibility index (Phi) is 6.70. The molecule has 0 aromatic heterocycles. The summed E-state index contributed by atoms with van der Waals surface area (Å²) in [4.78, 5) is 0.0362. The normalized spacial score (nSPS) is 12.0. The van der Waals surface area contributed by atoms with Crippen molar-refractivity contribution in [2.24, 2.45) is 0 Å². The Labute approximate surface area is 124 Å². The second-order valence-electron chi connectivity index (χ2n) is 4.07. The number of hydrogen-bond donors (Lipinski definition) is 1. The Morgan fingerprint density at radius 2 is 1.75 bits per heavy atom. The topological polar surface area (TPSA) is 81.9 Å². The van der Waals surface area contributed by atoms with Gasteiger partial charge in [-0.3, -0.25) is 0 Å². The van der Waals surface area contributed by atoms with Gasteiger partial charge in [-0.15, -0.1) is 0 Å². The van der Waals surface area contributed by atoms with Crippen LogP contribution >= 0.6 is 11.6 Å². The van der Waals surface area contributed by atoms with Crippen molar-refractivity contribution in [2.45, 2.75) is 4.90 Å². The van der Waals surface area contributed by atoms with E-state index in [0.717, 1.165) is 0 Å². The molecule has 0 amide bonds. The number of ether oxygens (including phenoxy) is 2. The van der Waals surface area contributed by atoms with Crippen LogP contribution in [0.4, 0.5) is 5.69 Å². The predicted molar refractivity (Wildman–Crippen MR) is 78.4 cm³/mol. The maximum Gasteiger partial charge on any atom is 0.245 e. The van der Waals surface area contributed by atoms with Crippen molar-refractivity contribution >= 4 is 27.3 Å². The van der Waals surface area contributed by atoms with Crippen molar-refractivity contribution in [3.05, 3.63) is 23.2 Å². The summed E-state index contributed by atoms with van der Waals surface area (Å²) in [6.07, 6.45) is 0. The van der Waals surface area contributed by atoms with E-state index >= 15 is 0 Å². The van der Waals surface area contributed by atoms with Crippen molar-refractivity contribution < 1.29 is 17.9 Å². The maximum atomic E-state index is 12.6. The monoisotopic (exact) mass is 322 g/mol. The Hall–Kier alpha value is -0.860. The summed E-state index contributed by atoms with van der Waals surface area (Å²) in [6, 6.07) is 4.31. The van der Waals surface area contributed by atoms with E-state index in [0.29, 0.717) is 5.02 Å². The molecule has 0 radical (unpaired) electrons. The molecule has 0 spiro atoms. The Morgan fingerprint density at radius 3 is 2.20 bits per heavy atom. The van der Waals surface area contributed by atoms with Crippen molar-refractivity contribution in [3.63, 3.8) is 0 Å². The lowest BCUT2D eigenvalue weighted by atomic mass is 10.3.